The Morgan fingerprint density at radius 2 is 1.67 bits per heavy atom. The largest absolute Gasteiger partial charge is 0.244 e. The second kappa shape index (κ2) is 6.04. The highest BCUT2D eigenvalue weighted by Gasteiger charge is 2.30. The molecule has 1 aromatic rings. The zero-order chi connectivity index (χ0) is 15.7. The van der Waals surface area contributed by atoms with E-state index < -0.39 is 20.0 Å². The summed E-state index contributed by atoms with van der Waals surface area (Å²) in [4.78, 5) is -0.579. The molecule has 6 nitrogen and oxygen atoms in total. The van der Waals surface area contributed by atoms with E-state index in [4.69, 9.17) is 5.14 Å². The lowest BCUT2D eigenvalue weighted by Gasteiger charge is -2.21. The van der Waals surface area contributed by atoms with Crippen molar-refractivity contribution in [2.45, 2.75) is 36.0 Å². The predicted octanol–water partition coefficient (Wildman–Crippen LogP) is 1.14. The molecule has 2 rings (SSSR count). The summed E-state index contributed by atoms with van der Waals surface area (Å²) in [5.74, 6) is 0.471. The van der Waals surface area contributed by atoms with Crippen LogP contribution in [0.15, 0.2) is 34.1 Å². The number of rotatable bonds is 3. The van der Waals surface area contributed by atoms with Gasteiger partial charge in [0, 0.05) is 13.1 Å². The Morgan fingerprint density at radius 1 is 1.05 bits per heavy atom. The normalized spacial score (nSPS) is 21.9. The van der Waals surface area contributed by atoms with Crippen molar-refractivity contribution in [3.63, 3.8) is 0 Å². The van der Waals surface area contributed by atoms with Gasteiger partial charge in [0.05, 0.1) is 0 Å². The third-order valence-corrected chi connectivity index (χ3v) is 6.80. The molecule has 0 bridgehead atoms. The van der Waals surface area contributed by atoms with Gasteiger partial charge >= 0.3 is 0 Å². The highest BCUT2D eigenvalue weighted by atomic mass is 32.2. The Kier molecular flexibility index (Phi) is 4.72. The van der Waals surface area contributed by atoms with Crippen molar-refractivity contribution in [2.75, 3.05) is 13.1 Å². The maximum Gasteiger partial charge on any atom is 0.244 e. The second-order valence-corrected chi connectivity index (χ2v) is 8.87. The van der Waals surface area contributed by atoms with Gasteiger partial charge < -0.3 is 0 Å². The summed E-state index contributed by atoms with van der Waals surface area (Å²) >= 11 is 0. The average molecular weight is 332 g/mol. The van der Waals surface area contributed by atoms with Crippen molar-refractivity contribution >= 4 is 20.0 Å². The molecule has 1 heterocycles. The molecule has 0 spiro atoms. The zero-order valence-electron chi connectivity index (χ0n) is 11.9. The van der Waals surface area contributed by atoms with Crippen LogP contribution in [-0.4, -0.2) is 34.2 Å². The minimum atomic E-state index is -4.08. The second-order valence-electron chi connectivity index (χ2n) is 5.43. The van der Waals surface area contributed by atoms with Gasteiger partial charge in [-0.05, 0) is 37.3 Å². The van der Waals surface area contributed by atoms with Crippen molar-refractivity contribution in [3.8, 4) is 0 Å². The van der Waals surface area contributed by atoms with Crippen LogP contribution in [0.5, 0.6) is 0 Å². The molecule has 0 saturated carbocycles. The molecular weight excluding hydrogens is 312 g/mol. The fourth-order valence-corrected chi connectivity index (χ4v) is 5.36. The van der Waals surface area contributed by atoms with Gasteiger partial charge in [-0.15, -0.1) is 0 Å². The van der Waals surface area contributed by atoms with Gasteiger partial charge in [0.15, 0.2) is 0 Å². The highest BCUT2D eigenvalue weighted by molar-refractivity contribution is 7.92. The van der Waals surface area contributed by atoms with E-state index in [0.29, 0.717) is 19.0 Å². The lowest BCUT2D eigenvalue weighted by atomic mass is 10.0. The summed E-state index contributed by atoms with van der Waals surface area (Å²) < 4.78 is 50.0. The van der Waals surface area contributed by atoms with E-state index in [2.05, 4.69) is 6.92 Å². The summed E-state index contributed by atoms with van der Waals surface area (Å²) in [6.07, 6.45) is 2.53. The monoisotopic (exact) mass is 332 g/mol. The van der Waals surface area contributed by atoms with Crippen molar-refractivity contribution in [3.05, 3.63) is 24.3 Å². The molecular formula is C13H20N2O4S2. The maximum atomic E-state index is 12.7. The minimum absolute atomic E-state index is 0.234. The van der Waals surface area contributed by atoms with Crippen LogP contribution in [0.1, 0.15) is 26.2 Å². The summed E-state index contributed by atoms with van der Waals surface area (Å²) in [6.45, 7) is 2.91. The Hall–Kier alpha value is -0.960. The molecule has 8 heteroatoms. The summed E-state index contributed by atoms with van der Waals surface area (Å²) in [6, 6.07) is 5.48. The molecule has 1 aliphatic heterocycles. The van der Waals surface area contributed by atoms with E-state index >= 15 is 0 Å². The van der Waals surface area contributed by atoms with Crippen LogP contribution in [0.25, 0.3) is 0 Å². The summed E-state index contributed by atoms with van der Waals surface area (Å²) in [5, 5.41) is 5.13. The summed E-state index contributed by atoms with van der Waals surface area (Å²) in [7, 11) is -7.93. The third-order valence-electron chi connectivity index (χ3n) is 3.75. The van der Waals surface area contributed by atoms with Crippen LogP contribution >= 0.6 is 0 Å². The molecule has 2 N–H and O–H groups in total. The fraction of sp³-hybridized carbons (Fsp3) is 0.538. The van der Waals surface area contributed by atoms with Crippen LogP contribution in [0.4, 0.5) is 0 Å². The van der Waals surface area contributed by atoms with E-state index in [0.717, 1.165) is 19.3 Å². The SMILES string of the molecule is CC1CCCN(S(=O)(=O)c2ccccc2S(N)(=O)=O)CC1. The van der Waals surface area contributed by atoms with Crippen molar-refractivity contribution in [1.29, 1.82) is 0 Å². The Morgan fingerprint density at radius 3 is 2.29 bits per heavy atom. The van der Waals surface area contributed by atoms with Crippen molar-refractivity contribution < 1.29 is 16.8 Å². The lowest BCUT2D eigenvalue weighted by Crippen LogP contribution is -2.33. The number of nitrogens with zero attached hydrogens (tertiary/aromatic N) is 1. The highest BCUT2D eigenvalue weighted by Crippen LogP contribution is 2.26. The third kappa shape index (κ3) is 3.63. The lowest BCUT2D eigenvalue weighted by molar-refractivity contribution is 0.415. The van der Waals surface area contributed by atoms with E-state index in [9.17, 15) is 16.8 Å². The zero-order valence-corrected chi connectivity index (χ0v) is 13.5. The first-order chi connectivity index (χ1) is 9.73. The van der Waals surface area contributed by atoms with Crippen LogP contribution in [-0.2, 0) is 20.0 Å². The number of nitrogens with two attached hydrogens (primary N) is 1. The van der Waals surface area contributed by atoms with Crippen molar-refractivity contribution in [2.24, 2.45) is 11.1 Å². The van der Waals surface area contributed by atoms with Gasteiger partial charge in [-0.2, -0.15) is 4.31 Å². The van der Waals surface area contributed by atoms with Crippen molar-refractivity contribution in [1.82, 2.24) is 4.31 Å². The maximum absolute atomic E-state index is 12.7. The predicted molar refractivity (Wildman–Crippen MR) is 79.6 cm³/mol. The van der Waals surface area contributed by atoms with Gasteiger partial charge in [0.1, 0.15) is 9.79 Å². The molecule has 1 saturated heterocycles. The van der Waals surface area contributed by atoms with Gasteiger partial charge in [0.2, 0.25) is 20.0 Å². The minimum Gasteiger partial charge on any atom is -0.225 e. The van der Waals surface area contributed by atoms with Gasteiger partial charge in [0.25, 0.3) is 0 Å². The van der Waals surface area contributed by atoms with Crippen LogP contribution in [0.3, 0.4) is 0 Å². The molecule has 1 unspecified atom stereocenters. The average Bonchev–Trinajstić information content (AvgIpc) is 2.63. The Labute approximate surface area is 126 Å². The number of sulfonamides is 2. The molecule has 0 aromatic heterocycles. The van der Waals surface area contributed by atoms with Gasteiger partial charge in [-0.25, -0.2) is 22.0 Å². The van der Waals surface area contributed by atoms with Gasteiger partial charge in [-0.3, -0.25) is 0 Å². The first-order valence-corrected chi connectivity index (χ1v) is 9.83. The molecule has 1 atom stereocenters. The number of benzene rings is 1. The first kappa shape index (κ1) is 16.4. The van der Waals surface area contributed by atoms with Crippen LogP contribution < -0.4 is 5.14 Å². The molecule has 1 fully saturated rings. The number of hydrogen-bond acceptors (Lipinski definition) is 4. The molecule has 0 aliphatic carbocycles. The molecule has 118 valence electrons. The number of hydrogen-bond donors (Lipinski definition) is 1. The fourth-order valence-electron chi connectivity index (χ4n) is 2.51. The van der Waals surface area contributed by atoms with E-state index in [1.807, 2.05) is 0 Å². The topological polar surface area (TPSA) is 97.5 Å². The van der Waals surface area contributed by atoms with Crippen LogP contribution in [0, 0.1) is 5.92 Å². The smallest absolute Gasteiger partial charge is 0.225 e. The van der Waals surface area contributed by atoms with Gasteiger partial charge in [-0.1, -0.05) is 19.1 Å². The van der Waals surface area contributed by atoms with E-state index in [1.54, 1.807) is 0 Å². The first-order valence-electron chi connectivity index (χ1n) is 6.85. The molecule has 21 heavy (non-hydrogen) atoms. The van der Waals surface area contributed by atoms with Crippen LogP contribution in [0.2, 0.25) is 0 Å². The Balaban J connectivity index is 2.45. The standard InChI is InChI=1S/C13H20N2O4S2/c1-11-5-4-9-15(10-8-11)21(18,19)13-7-3-2-6-12(13)20(14,16)17/h2-3,6-7,11H,4-5,8-10H2,1H3,(H2,14,16,17). The molecule has 0 radical (unpaired) electrons. The van der Waals surface area contributed by atoms with E-state index in [-0.39, 0.29) is 9.79 Å². The quantitative estimate of drug-likeness (QED) is 0.897. The molecule has 1 aromatic carbocycles. The molecule has 1 aliphatic rings. The Bertz CT molecular complexity index is 713. The molecule has 0 amide bonds. The van der Waals surface area contributed by atoms with E-state index in [1.165, 1.54) is 28.6 Å². The summed E-state index contributed by atoms with van der Waals surface area (Å²) in [5.41, 5.74) is 0. The number of primary sulfonamides is 1.